The molecule has 1 fully saturated rings. The summed E-state index contributed by atoms with van der Waals surface area (Å²) in [5.41, 5.74) is 2.40. The minimum Gasteiger partial charge on any atom is -0.491 e. The number of carbonyl (C=O) groups is 2. The smallest absolute Gasteiger partial charge is 0.191 e. The first-order chi connectivity index (χ1) is 15.5. The SMILES string of the molecule is C=N/C(=C\C=C(/CC=O)C(=O)c1ccc(C)c(OCC)c1NC)N(C)CC1CCOCC1. The van der Waals surface area contributed by atoms with Crippen LogP contribution in [0.1, 0.15) is 42.1 Å². The van der Waals surface area contributed by atoms with Crippen molar-refractivity contribution in [1.29, 1.82) is 0 Å². The molecule has 1 saturated heterocycles. The number of benzene rings is 1. The van der Waals surface area contributed by atoms with Gasteiger partial charge in [0.15, 0.2) is 5.78 Å². The lowest BCUT2D eigenvalue weighted by Gasteiger charge is -2.28. The molecule has 0 aliphatic carbocycles. The van der Waals surface area contributed by atoms with Crippen molar-refractivity contribution in [3.05, 3.63) is 46.8 Å². The molecule has 0 bridgehead atoms. The summed E-state index contributed by atoms with van der Waals surface area (Å²) in [4.78, 5) is 30.8. The van der Waals surface area contributed by atoms with Crippen molar-refractivity contribution in [3.8, 4) is 5.75 Å². The van der Waals surface area contributed by atoms with Crippen LogP contribution in [0.25, 0.3) is 0 Å². The highest BCUT2D eigenvalue weighted by Crippen LogP contribution is 2.34. The van der Waals surface area contributed by atoms with Crippen LogP contribution in [0.2, 0.25) is 0 Å². The Kier molecular flexibility index (Phi) is 10.1. The number of ether oxygens (including phenoxy) is 2. The van der Waals surface area contributed by atoms with E-state index >= 15 is 0 Å². The molecule has 1 aromatic rings. The molecule has 1 aliphatic rings. The van der Waals surface area contributed by atoms with Gasteiger partial charge in [-0.3, -0.25) is 4.79 Å². The summed E-state index contributed by atoms with van der Waals surface area (Å²) in [6, 6.07) is 3.62. The Morgan fingerprint density at radius 3 is 2.66 bits per heavy atom. The molecular weight excluding hydrogens is 406 g/mol. The normalized spacial score (nSPS) is 15.2. The fourth-order valence-corrected chi connectivity index (χ4v) is 3.84. The van der Waals surface area contributed by atoms with Crippen LogP contribution in [-0.4, -0.2) is 64.1 Å². The number of aldehydes is 1. The number of allylic oxidation sites excluding steroid dienone is 3. The highest BCUT2D eigenvalue weighted by Gasteiger charge is 2.20. The third-order valence-electron chi connectivity index (χ3n) is 5.59. The average molecular weight is 442 g/mol. The van der Waals surface area contributed by atoms with Crippen LogP contribution in [0, 0.1) is 12.8 Å². The molecule has 7 nitrogen and oxygen atoms in total. The van der Waals surface area contributed by atoms with Gasteiger partial charge in [0.05, 0.1) is 12.3 Å². The number of carbonyl (C=O) groups excluding carboxylic acids is 2. The third-order valence-corrected chi connectivity index (χ3v) is 5.59. The van der Waals surface area contributed by atoms with Crippen molar-refractivity contribution in [2.75, 3.05) is 45.8 Å². The van der Waals surface area contributed by atoms with Crippen LogP contribution in [-0.2, 0) is 9.53 Å². The van der Waals surface area contributed by atoms with E-state index < -0.39 is 0 Å². The van der Waals surface area contributed by atoms with E-state index in [9.17, 15) is 9.59 Å². The van der Waals surface area contributed by atoms with Crippen molar-refractivity contribution >= 4 is 24.5 Å². The van der Waals surface area contributed by atoms with Gasteiger partial charge in [0.25, 0.3) is 0 Å². The monoisotopic (exact) mass is 441 g/mol. The van der Waals surface area contributed by atoms with Gasteiger partial charge in [0.2, 0.25) is 0 Å². The number of anilines is 1. The Bertz CT molecular complexity index is 870. The average Bonchev–Trinajstić information content (AvgIpc) is 2.80. The van der Waals surface area contributed by atoms with Crippen molar-refractivity contribution in [2.24, 2.45) is 10.9 Å². The van der Waals surface area contributed by atoms with Crippen LogP contribution < -0.4 is 10.1 Å². The number of rotatable bonds is 12. The second-order valence-corrected chi connectivity index (χ2v) is 7.83. The Balaban J connectivity index is 2.33. The molecule has 0 saturated carbocycles. The largest absolute Gasteiger partial charge is 0.491 e. The minimum absolute atomic E-state index is 0.00440. The van der Waals surface area contributed by atoms with Crippen LogP contribution in [0.5, 0.6) is 5.75 Å². The summed E-state index contributed by atoms with van der Waals surface area (Å²) in [6.45, 7) is 10.4. The Hall–Kier alpha value is -2.93. The Morgan fingerprint density at radius 2 is 2.06 bits per heavy atom. The molecule has 1 heterocycles. The summed E-state index contributed by atoms with van der Waals surface area (Å²) in [6.07, 6.45) is 6.19. The van der Waals surface area contributed by atoms with Crippen LogP contribution in [0.4, 0.5) is 5.69 Å². The van der Waals surface area contributed by atoms with Crippen LogP contribution in [0.3, 0.4) is 0 Å². The summed E-state index contributed by atoms with van der Waals surface area (Å²) in [5, 5.41) is 3.08. The van der Waals surface area contributed by atoms with Gasteiger partial charge in [-0.05, 0) is 57.0 Å². The molecule has 7 heteroatoms. The minimum atomic E-state index is -0.228. The molecule has 0 unspecified atom stereocenters. The second-order valence-electron chi connectivity index (χ2n) is 7.83. The van der Waals surface area contributed by atoms with Crippen molar-refractivity contribution in [3.63, 3.8) is 0 Å². The standard InChI is InChI=1S/C25H35N3O4/c1-6-32-25-18(2)7-9-21(23(25)27-4)24(30)20(11-14-29)8-10-22(26-3)28(5)17-19-12-15-31-16-13-19/h7-10,14,19,27H,3,6,11-13,15-17H2,1-2,4-5H3/b20-8+,22-10+. The molecule has 0 spiro atoms. The number of Topliss-reactive ketones (excluding diaryl/α,β-unsaturated/α-hetero) is 1. The predicted molar refractivity (Wildman–Crippen MR) is 129 cm³/mol. The van der Waals surface area contributed by atoms with E-state index in [4.69, 9.17) is 9.47 Å². The number of hydrogen-bond donors (Lipinski definition) is 1. The first-order valence-electron chi connectivity index (χ1n) is 11.1. The van der Waals surface area contributed by atoms with Gasteiger partial charge in [-0.1, -0.05) is 12.1 Å². The fourth-order valence-electron chi connectivity index (χ4n) is 3.84. The molecule has 0 aromatic heterocycles. The van der Waals surface area contributed by atoms with Crippen LogP contribution >= 0.6 is 0 Å². The van der Waals surface area contributed by atoms with E-state index in [-0.39, 0.29) is 12.2 Å². The molecule has 0 atom stereocenters. The molecule has 1 N–H and O–H groups in total. The molecule has 0 radical (unpaired) electrons. The van der Waals surface area contributed by atoms with Gasteiger partial charge >= 0.3 is 0 Å². The second kappa shape index (κ2) is 12.8. The van der Waals surface area contributed by atoms with E-state index in [1.165, 1.54) is 0 Å². The van der Waals surface area contributed by atoms with Crippen molar-refractivity contribution < 1.29 is 19.1 Å². The summed E-state index contributed by atoms with van der Waals surface area (Å²) < 4.78 is 11.2. The van der Waals surface area contributed by atoms with E-state index in [1.807, 2.05) is 31.9 Å². The van der Waals surface area contributed by atoms with Gasteiger partial charge < -0.3 is 24.5 Å². The summed E-state index contributed by atoms with van der Waals surface area (Å²) >= 11 is 0. The predicted octanol–water partition coefficient (Wildman–Crippen LogP) is 4.03. The van der Waals surface area contributed by atoms with Crippen molar-refractivity contribution in [2.45, 2.75) is 33.1 Å². The number of nitrogens with zero attached hydrogens (tertiary/aromatic N) is 2. The lowest BCUT2D eigenvalue weighted by molar-refractivity contribution is -0.107. The Morgan fingerprint density at radius 1 is 1.34 bits per heavy atom. The number of aliphatic imine (C=N–C) groups is 1. The van der Waals surface area contributed by atoms with Gasteiger partial charge in [-0.15, -0.1) is 0 Å². The fraction of sp³-hybridized carbons (Fsp3) is 0.480. The van der Waals surface area contributed by atoms with Gasteiger partial charge in [0, 0.05) is 51.4 Å². The van der Waals surface area contributed by atoms with Gasteiger partial charge in [-0.25, -0.2) is 4.99 Å². The van der Waals surface area contributed by atoms with E-state index in [0.717, 1.165) is 44.4 Å². The van der Waals surface area contributed by atoms with E-state index in [0.29, 0.717) is 40.9 Å². The zero-order chi connectivity index (χ0) is 23.5. The van der Waals surface area contributed by atoms with E-state index in [2.05, 4.69) is 17.0 Å². The maximum absolute atomic E-state index is 13.3. The quantitative estimate of drug-likeness (QED) is 0.173. The summed E-state index contributed by atoms with van der Waals surface area (Å²) in [7, 11) is 3.71. The van der Waals surface area contributed by atoms with Gasteiger partial charge in [-0.2, -0.15) is 0 Å². The van der Waals surface area contributed by atoms with Gasteiger partial charge in [0.1, 0.15) is 17.9 Å². The Labute approximate surface area is 191 Å². The molecular formula is C25H35N3O4. The number of hydrogen-bond acceptors (Lipinski definition) is 7. The molecule has 0 amide bonds. The zero-order valence-corrected chi connectivity index (χ0v) is 19.6. The summed E-state index contributed by atoms with van der Waals surface area (Å²) in [5.74, 6) is 1.60. The highest BCUT2D eigenvalue weighted by atomic mass is 16.5. The number of nitrogens with one attached hydrogen (secondary N) is 1. The molecule has 174 valence electrons. The third kappa shape index (κ3) is 6.53. The lowest BCUT2D eigenvalue weighted by Crippen LogP contribution is -2.28. The first kappa shape index (κ1) is 25.3. The molecule has 1 aliphatic heterocycles. The van der Waals surface area contributed by atoms with Crippen LogP contribution in [0.15, 0.2) is 40.7 Å². The topological polar surface area (TPSA) is 80.2 Å². The van der Waals surface area contributed by atoms with E-state index in [1.54, 1.807) is 25.3 Å². The molecule has 1 aromatic carbocycles. The number of aryl methyl sites for hydroxylation is 1. The van der Waals surface area contributed by atoms with Crippen molar-refractivity contribution in [1.82, 2.24) is 4.90 Å². The maximum Gasteiger partial charge on any atom is 0.191 e. The lowest BCUT2D eigenvalue weighted by atomic mass is 9.97. The first-order valence-corrected chi connectivity index (χ1v) is 11.1. The number of ketones is 1. The molecule has 2 rings (SSSR count). The highest BCUT2D eigenvalue weighted by molar-refractivity contribution is 6.14. The molecule has 32 heavy (non-hydrogen) atoms. The maximum atomic E-state index is 13.3. The zero-order valence-electron chi connectivity index (χ0n) is 19.6.